The number of fused-ring (bicyclic) bond motifs is 5. The van der Waals surface area contributed by atoms with Crippen LogP contribution in [0.15, 0.2) is 78.9 Å². The number of hydrogen-bond donors (Lipinski definition) is 0. The molecule has 1 heterocycles. The lowest BCUT2D eigenvalue weighted by molar-refractivity contribution is -0.134. The first-order chi connectivity index (χ1) is 17.8. The molecule has 1 saturated heterocycles. The van der Waals surface area contributed by atoms with E-state index in [1.807, 2.05) is 87.5 Å². The first kappa shape index (κ1) is 23.9. The molecule has 3 aromatic rings. The van der Waals surface area contributed by atoms with Crippen LogP contribution in [0.25, 0.3) is 11.1 Å². The first-order valence-corrected chi connectivity index (χ1v) is 13.3. The zero-order chi connectivity index (χ0) is 26.1. The molecule has 3 aliphatic rings. The van der Waals surface area contributed by atoms with Gasteiger partial charge in [-0.3, -0.25) is 14.4 Å². The number of benzene rings is 3. The summed E-state index contributed by atoms with van der Waals surface area (Å²) in [5, 5.41) is 0.498. The Morgan fingerprint density at radius 3 is 1.59 bits per heavy atom. The van der Waals surface area contributed by atoms with Crippen LogP contribution in [0.2, 0.25) is 5.02 Å². The van der Waals surface area contributed by atoms with Gasteiger partial charge in [0.15, 0.2) is 5.78 Å². The third-order valence-electron chi connectivity index (χ3n) is 8.97. The Morgan fingerprint density at radius 1 is 0.730 bits per heavy atom. The predicted octanol–water partition coefficient (Wildman–Crippen LogP) is 6.75. The van der Waals surface area contributed by atoms with Crippen molar-refractivity contribution in [2.24, 2.45) is 22.7 Å². The lowest BCUT2D eigenvalue weighted by atomic mass is 9.60. The molecule has 2 fully saturated rings. The molecule has 1 aliphatic heterocycles. The predicted molar refractivity (Wildman–Crippen MR) is 146 cm³/mol. The Morgan fingerprint density at radius 2 is 1.19 bits per heavy atom. The van der Waals surface area contributed by atoms with Crippen molar-refractivity contribution in [1.82, 2.24) is 0 Å². The van der Waals surface area contributed by atoms with E-state index < -0.39 is 22.7 Å². The van der Waals surface area contributed by atoms with E-state index >= 15 is 0 Å². The Balaban J connectivity index is 1.66. The summed E-state index contributed by atoms with van der Waals surface area (Å²) in [6.07, 6.45) is 0.883. The summed E-state index contributed by atoms with van der Waals surface area (Å²) >= 11 is 6.41. The van der Waals surface area contributed by atoms with Crippen molar-refractivity contribution in [3.05, 3.63) is 101 Å². The summed E-state index contributed by atoms with van der Waals surface area (Å²) in [6, 6.07) is 25.1. The maximum absolute atomic E-state index is 14.7. The molecule has 0 unspecified atom stereocenters. The highest BCUT2D eigenvalue weighted by molar-refractivity contribution is 6.35. The molecule has 2 bridgehead atoms. The maximum Gasteiger partial charge on any atom is 0.239 e. The molecule has 0 aromatic heterocycles. The van der Waals surface area contributed by atoms with Crippen molar-refractivity contribution in [2.45, 2.75) is 33.6 Å². The molecule has 0 N–H and O–H groups in total. The number of amides is 2. The van der Waals surface area contributed by atoms with Gasteiger partial charge in [-0.15, -0.1) is 0 Å². The Labute approximate surface area is 221 Å². The zero-order valence-corrected chi connectivity index (χ0v) is 21.9. The molecule has 4 nitrogen and oxygen atoms in total. The van der Waals surface area contributed by atoms with Gasteiger partial charge >= 0.3 is 0 Å². The van der Waals surface area contributed by atoms with Crippen molar-refractivity contribution < 1.29 is 14.4 Å². The number of allylic oxidation sites excluding steroid dienone is 2. The second-order valence-electron chi connectivity index (χ2n) is 10.4. The summed E-state index contributed by atoms with van der Waals surface area (Å²) in [7, 11) is 0. The molecule has 37 heavy (non-hydrogen) atoms. The molecule has 5 heteroatoms. The summed E-state index contributed by atoms with van der Waals surface area (Å²) in [5.74, 6) is -2.09. The summed E-state index contributed by atoms with van der Waals surface area (Å²) in [5.41, 5.74) is 2.85. The topological polar surface area (TPSA) is 54.5 Å². The largest absolute Gasteiger partial charge is 0.298 e. The van der Waals surface area contributed by atoms with Crippen molar-refractivity contribution in [3.63, 3.8) is 0 Å². The smallest absolute Gasteiger partial charge is 0.239 e. The molecule has 2 aliphatic carbocycles. The van der Waals surface area contributed by atoms with E-state index in [-0.39, 0.29) is 17.6 Å². The fraction of sp³-hybridized carbons (Fsp3) is 0.281. The zero-order valence-electron chi connectivity index (χ0n) is 21.1. The van der Waals surface area contributed by atoms with E-state index in [2.05, 4.69) is 0 Å². The second kappa shape index (κ2) is 8.26. The number of ketones is 1. The number of imide groups is 1. The molecule has 4 atom stereocenters. The number of halogens is 1. The van der Waals surface area contributed by atoms with Gasteiger partial charge in [0, 0.05) is 5.02 Å². The molecular weight excluding hydrogens is 482 g/mol. The number of carbonyl (C=O) groups is 3. The molecule has 186 valence electrons. The van der Waals surface area contributed by atoms with E-state index in [4.69, 9.17) is 11.6 Å². The van der Waals surface area contributed by atoms with Gasteiger partial charge in [0.2, 0.25) is 11.8 Å². The van der Waals surface area contributed by atoms with Crippen molar-refractivity contribution in [1.29, 1.82) is 0 Å². The SMILES string of the molecule is CC[C@]12C(=O)[C@@](CC)(C(c3ccccc3)=C1c1ccccc1)[C@@H]1C(=O)N(c3ccc(C)c(Cl)c3)C(=O)[C@H]12. The number of anilines is 1. The quantitative estimate of drug-likeness (QED) is 0.357. The Bertz CT molecular complexity index is 1410. The van der Waals surface area contributed by atoms with E-state index in [1.54, 1.807) is 12.1 Å². The fourth-order valence-electron chi connectivity index (χ4n) is 7.43. The van der Waals surface area contributed by atoms with Crippen LogP contribution in [0.1, 0.15) is 43.4 Å². The maximum atomic E-state index is 14.7. The highest BCUT2D eigenvalue weighted by atomic mass is 35.5. The second-order valence-corrected chi connectivity index (χ2v) is 10.8. The highest BCUT2D eigenvalue weighted by Gasteiger charge is 2.80. The van der Waals surface area contributed by atoms with Crippen LogP contribution in [0.5, 0.6) is 0 Å². The van der Waals surface area contributed by atoms with Crippen LogP contribution in [-0.4, -0.2) is 17.6 Å². The van der Waals surface area contributed by atoms with Crippen molar-refractivity contribution in [3.8, 4) is 0 Å². The molecule has 3 aromatic carbocycles. The monoisotopic (exact) mass is 509 g/mol. The standard InChI is InChI=1S/C32H28ClNO3/c1-4-31-24(20-12-8-6-9-13-20)25(21-14-10-7-11-15-21)32(5-2,30(31)37)27-26(31)28(35)34(29(27)36)22-17-16-19(3)23(33)18-22/h6-18,26-27H,4-5H2,1-3H3/t26-,27-,31-,32-/m0/s1. The minimum absolute atomic E-state index is 0.0148. The Hall–Kier alpha value is -3.50. The van der Waals surface area contributed by atoms with Crippen LogP contribution in [0.3, 0.4) is 0 Å². The third kappa shape index (κ3) is 2.82. The third-order valence-corrected chi connectivity index (χ3v) is 9.38. The minimum atomic E-state index is -1.08. The number of carbonyl (C=O) groups excluding carboxylic acids is 3. The highest BCUT2D eigenvalue weighted by Crippen LogP contribution is 2.75. The van der Waals surface area contributed by atoms with Crippen molar-refractivity contribution in [2.75, 3.05) is 4.90 Å². The van der Waals surface area contributed by atoms with Gasteiger partial charge in [0.25, 0.3) is 0 Å². The number of hydrogen-bond acceptors (Lipinski definition) is 3. The van der Waals surface area contributed by atoms with Gasteiger partial charge in [-0.25, -0.2) is 4.90 Å². The fourth-order valence-corrected chi connectivity index (χ4v) is 7.61. The Kier molecular flexibility index (Phi) is 5.33. The molecule has 0 radical (unpaired) electrons. The van der Waals surface area contributed by atoms with E-state index in [0.29, 0.717) is 23.6 Å². The number of Topliss-reactive ketones (excluding diaryl/α,β-unsaturated/α-hetero) is 1. The van der Waals surface area contributed by atoms with Crippen LogP contribution < -0.4 is 4.90 Å². The molecule has 1 saturated carbocycles. The van der Waals surface area contributed by atoms with Crippen molar-refractivity contribution >= 4 is 46.0 Å². The van der Waals surface area contributed by atoms with E-state index in [9.17, 15) is 14.4 Å². The normalized spacial score (nSPS) is 28.4. The number of nitrogens with zero attached hydrogens (tertiary/aromatic N) is 1. The molecule has 0 spiro atoms. The number of aryl methyl sites for hydroxylation is 1. The number of rotatable bonds is 5. The van der Waals surface area contributed by atoms with Gasteiger partial charge < -0.3 is 0 Å². The molecular formula is C32H28ClNO3. The van der Waals surface area contributed by atoms with Gasteiger partial charge in [-0.1, -0.05) is 92.2 Å². The lowest BCUT2D eigenvalue weighted by Crippen LogP contribution is -2.41. The van der Waals surface area contributed by atoms with Gasteiger partial charge in [-0.05, 0) is 59.7 Å². The molecule has 6 rings (SSSR count). The summed E-state index contributed by atoms with van der Waals surface area (Å²) in [4.78, 5) is 44.5. The summed E-state index contributed by atoms with van der Waals surface area (Å²) in [6.45, 7) is 5.83. The van der Waals surface area contributed by atoms with Gasteiger partial charge in [0.1, 0.15) is 0 Å². The van der Waals surface area contributed by atoms with Gasteiger partial charge in [0.05, 0.1) is 28.4 Å². The first-order valence-electron chi connectivity index (χ1n) is 12.9. The van der Waals surface area contributed by atoms with Crippen LogP contribution in [-0.2, 0) is 14.4 Å². The van der Waals surface area contributed by atoms with Crippen LogP contribution in [0, 0.1) is 29.6 Å². The lowest BCUT2D eigenvalue weighted by Gasteiger charge is -2.38. The van der Waals surface area contributed by atoms with Crippen LogP contribution >= 0.6 is 11.6 Å². The average molecular weight is 510 g/mol. The average Bonchev–Trinajstić information content (AvgIpc) is 3.42. The van der Waals surface area contributed by atoms with Crippen LogP contribution in [0.4, 0.5) is 5.69 Å². The van der Waals surface area contributed by atoms with E-state index in [0.717, 1.165) is 27.8 Å². The van der Waals surface area contributed by atoms with Gasteiger partial charge in [-0.2, -0.15) is 0 Å². The minimum Gasteiger partial charge on any atom is -0.298 e. The van der Waals surface area contributed by atoms with E-state index in [1.165, 1.54) is 4.90 Å². The summed E-state index contributed by atoms with van der Waals surface area (Å²) < 4.78 is 0. The molecule has 2 amide bonds.